The van der Waals surface area contributed by atoms with E-state index in [1.54, 1.807) is 4.68 Å². The summed E-state index contributed by atoms with van der Waals surface area (Å²) < 4.78 is 7.25. The molecule has 0 aliphatic carbocycles. The molecule has 1 heterocycles. The van der Waals surface area contributed by atoms with E-state index in [1.165, 1.54) is 0 Å². The maximum absolute atomic E-state index is 5.52. The number of benzene rings is 2. The lowest BCUT2D eigenvalue weighted by Crippen LogP contribution is -2.01. The van der Waals surface area contributed by atoms with Gasteiger partial charge >= 0.3 is 0 Å². The summed E-state index contributed by atoms with van der Waals surface area (Å²) >= 11 is 0. The Morgan fingerprint density at radius 3 is 2.62 bits per heavy atom. The van der Waals surface area contributed by atoms with E-state index in [4.69, 9.17) is 4.74 Å². The zero-order valence-electron chi connectivity index (χ0n) is 12.0. The molecule has 0 saturated carbocycles. The Morgan fingerprint density at radius 2 is 1.90 bits per heavy atom. The molecule has 0 radical (unpaired) electrons. The fraction of sp³-hybridized carbons (Fsp3) is 0.188. The average Bonchev–Trinajstić information content (AvgIpc) is 2.98. The van der Waals surface area contributed by atoms with Gasteiger partial charge in [-0.25, -0.2) is 0 Å². The molecule has 0 N–H and O–H groups in total. The molecular formula is C16H16N4O. The smallest absolute Gasteiger partial charge is 0.187 e. The minimum Gasteiger partial charge on any atom is -0.494 e. The van der Waals surface area contributed by atoms with E-state index >= 15 is 0 Å². The molecule has 0 unspecified atom stereocenters. The first-order valence-electron chi connectivity index (χ1n) is 6.87. The molecular weight excluding hydrogens is 264 g/mol. The summed E-state index contributed by atoms with van der Waals surface area (Å²) in [6.45, 7) is 4.65. The van der Waals surface area contributed by atoms with Gasteiger partial charge in [0.1, 0.15) is 5.75 Å². The van der Waals surface area contributed by atoms with Crippen molar-refractivity contribution in [2.24, 2.45) is 0 Å². The van der Waals surface area contributed by atoms with Crippen LogP contribution >= 0.6 is 0 Å². The van der Waals surface area contributed by atoms with Gasteiger partial charge in [0.2, 0.25) is 0 Å². The summed E-state index contributed by atoms with van der Waals surface area (Å²) in [7, 11) is 0. The highest BCUT2D eigenvalue weighted by Gasteiger charge is 2.13. The highest BCUT2D eigenvalue weighted by Crippen LogP contribution is 2.26. The second-order valence-corrected chi connectivity index (χ2v) is 4.66. The van der Waals surface area contributed by atoms with E-state index in [9.17, 15) is 0 Å². The zero-order chi connectivity index (χ0) is 14.7. The van der Waals surface area contributed by atoms with E-state index in [0.717, 1.165) is 28.4 Å². The number of rotatable bonds is 4. The summed E-state index contributed by atoms with van der Waals surface area (Å²) in [6, 6.07) is 15.8. The third-order valence-electron chi connectivity index (χ3n) is 3.22. The van der Waals surface area contributed by atoms with E-state index in [2.05, 4.69) is 15.5 Å². The van der Waals surface area contributed by atoms with Crippen LogP contribution in [0.3, 0.4) is 0 Å². The topological polar surface area (TPSA) is 52.8 Å². The predicted octanol–water partition coefficient (Wildman–Crippen LogP) is 3.04. The zero-order valence-corrected chi connectivity index (χ0v) is 12.0. The molecule has 0 aliphatic heterocycles. The minimum absolute atomic E-state index is 0.653. The van der Waals surface area contributed by atoms with Crippen LogP contribution in [-0.2, 0) is 0 Å². The van der Waals surface area contributed by atoms with E-state index in [0.29, 0.717) is 6.61 Å². The third-order valence-corrected chi connectivity index (χ3v) is 3.22. The van der Waals surface area contributed by atoms with Crippen molar-refractivity contribution in [3.05, 3.63) is 54.1 Å². The Labute approximate surface area is 123 Å². The fourth-order valence-electron chi connectivity index (χ4n) is 2.24. The second-order valence-electron chi connectivity index (χ2n) is 4.66. The van der Waals surface area contributed by atoms with Crippen molar-refractivity contribution in [3.8, 4) is 22.8 Å². The summed E-state index contributed by atoms with van der Waals surface area (Å²) in [5.41, 5.74) is 3.01. The van der Waals surface area contributed by atoms with Crippen molar-refractivity contribution in [2.45, 2.75) is 13.8 Å². The molecule has 0 saturated heterocycles. The molecule has 5 nitrogen and oxygen atoms in total. The fourth-order valence-corrected chi connectivity index (χ4v) is 2.24. The predicted molar refractivity (Wildman–Crippen MR) is 80.5 cm³/mol. The molecule has 0 atom stereocenters. The second kappa shape index (κ2) is 5.75. The van der Waals surface area contributed by atoms with Crippen LogP contribution in [0.4, 0.5) is 0 Å². The van der Waals surface area contributed by atoms with Gasteiger partial charge in [0.05, 0.1) is 12.3 Å². The first-order valence-corrected chi connectivity index (χ1v) is 6.87. The molecule has 106 valence electrons. The molecule has 2 aromatic carbocycles. The lowest BCUT2D eigenvalue weighted by molar-refractivity contribution is 0.340. The van der Waals surface area contributed by atoms with Gasteiger partial charge in [0, 0.05) is 5.56 Å². The summed E-state index contributed by atoms with van der Waals surface area (Å²) in [5.74, 6) is 1.58. The van der Waals surface area contributed by atoms with Gasteiger partial charge in [0.15, 0.2) is 5.82 Å². The van der Waals surface area contributed by atoms with Gasteiger partial charge < -0.3 is 4.74 Å². The molecule has 0 spiro atoms. The molecule has 3 aromatic rings. The van der Waals surface area contributed by atoms with E-state index in [1.807, 2.05) is 62.4 Å². The molecule has 5 heteroatoms. The summed E-state index contributed by atoms with van der Waals surface area (Å²) in [5, 5.41) is 12.1. The van der Waals surface area contributed by atoms with Gasteiger partial charge in [-0.3, -0.25) is 0 Å². The van der Waals surface area contributed by atoms with Crippen LogP contribution in [0.15, 0.2) is 48.5 Å². The molecule has 0 amide bonds. The average molecular weight is 280 g/mol. The van der Waals surface area contributed by atoms with Crippen molar-refractivity contribution in [1.82, 2.24) is 20.2 Å². The van der Waals surface area contributed by atoms with Crippen LogP contribution in [0, 0.1) is 6.92 Å². The highest BCUT2D eigenvalue weighted by molar-refractivity contribution is 5.63. The first kappa shape index (κ1) is 13.3. The molecule has 21 heavy (non-hydrogen) atoms. The van der Waals surface area contributed by atoms with Gasteiger partial charge in [-0.1, -0.05) is 18.2 Å². The SMILES string of the molecule is CCOc1ccc(-c2nnnn2-c2ccccc2)c(C)c1. The maximum atomic E-state index is 5.52. The maximum Gasteiger partial charge on any atom is 0.187 e. The monoisotopic (exact) mass is 280 g/mol. The molecule has 0 bridgehead atoms. The quantitative estimate of drug-likeness (QED) is 0.737. The number of nitrogens with zero attached hydrogens (tertiary/aromatic N) is 4. The van der Waals surface area contributed by atoms with Gasteiger partial charge in [-0.05, 0) is 60.2 Å². The number of hydrogen-bond donors (Lipinski definition) is 0. The standard InChI is InChI=1S/C16H16N4O/c1-3-21-14-9-10-15(12(2)11-14)16-17-18-19-20(16)13-7-5-4-6-8-13/h4-11H,3H2,1-2H3. The lowest BCUT2D eigenvalue weighted by atomic mass is 10.1. The Bertz CT molecular complexity index is 737. The summed E-state index contributed by atoms with van der Waals surface area (Å²) in [4.78, 5) is 0. The Kier molecular flexibility index (Phi) is 3.64. The minimum atomic E-state index is 0.653. The largest absolute Gasteiger partial charge is 0.494 e. The van der Waals surface area contributed by atoms with Crippen LogP contribution in [-0.4, -0.2) is 26.8 Å². The Morgan fingerprint density at radius 1 is 1.10 bits per heavy atom. The van der Waals surface area contributed by atoms with Crippen LogP contribution in [0.2, 0.25) is 0 Å². The van der Waals surface area contributed by atoms with Gasteiger partial charge in [-0.2, -0.15) is 4.68 Å². The van der Waals surface area contributed by atoms with Crippen molar-refractivity contribution in [1.29, 1.82) is 0 Å². The Hall–Kier alpha value is -2.69. The van der Waals surface area contributed by atoms with Crippen molar-refractivity contribution in [3.63, 3.8) is 0 Å². The number of tetrazole rings is 1. The molecule has 1 aromatic heterocycles. The number of aryl methyl sites for hydroxylation is 1. The van der Waals surface area contributed by atoms with E-state index in [-0.39, 0.29) is 0 Å². The van der Waals surface area contributed by atoms with Crippen LogP contribution < -0.4 is 4.74 Å². The summed E-state index contributed by atoms with van der Waals surface area (Å²) in [6.07, 6.45) is 0. The van der Waals surface area contributed by atoms with Crippen molar-refractivity contribution < 1.29 is 4.74 Å². The number of para-hydroxylation sites is 1. The van der Waals surface area contributed by atoms with Crippen LogP contribution in [0.25, 0.3) is 17.1 Å². The molecule has 0 aliphatic rings. The lowest BCUT2D eigenvalue weighted by Gasteiger charge is -2.09. The normalized spacial score (nSPS) is 10.6. The molecule has 3 rings (SSSR count). The van der Waals surface area contributed by atoms with Gasteiger partial charge in [0.25, 0.3) is 0 Å². The Balaban J connectivity index is 2.04. The number of hydrogen-bond acceptors (Lipinski definition) is 4. The van der Waals surface area contributed by atoms with Crippen LogP contribution in [0.1, 0.15) is 12.5 Å². The van der Waals surface area contributed by atoms with Gasteiger partial charge in [-0.15, -0.1) is 5.10 Å². The number of aromatic nitrogens is 4. The van der Waals surface area contributed by atoms with Crippen molar-refractivity contribution in [2.75, 3.05) is 6.61 Å². The number of ether oxygens (including phenoxy) is 1. The van der Waals surface area contributed by atoms with Crippen molar-refractivity contribution >= 4 is 0 Å². The highest BCUT2D eigenvalue weighted by atomic mass is 16.5. The van der Waals surface area contributed by atoms with E-state index < -0.39 is 0 Å². The van der Waals surface area contributed by atoms with Crippen LogP contribution in [0.5, 0.6) is 5.75 Å². The molecule has 0 fully saturated rings. The first-order chi connectivity index (χ1) is 10.3. The third kappa shape index (κ3) is 2.63.